The highest BCUT2D eigenvalue weighted by atomic mass is 16.5. The van der Waals surface area contributed by atoms with Gasteiger partial charge in [0.25, 0.3) is 5.91 Å². The van der Waals surface area contributed by atoms with Crippen molar-refractivity contribution in [2.75, 3.05) is 36.5 Å². The van der Waals surface area contributed by atoms with Crippen LogP contribution in [0.15, 0.2) is 72.8 Å². The first-order chi connectivity index (χ1) is 18.1. The maximum Gasteiger partial charge on any atom is 0.253 e. The molecule has 0 aliphatic carbocycles. The van der Waals surface area contributed by atoms with Gasteiger partial charge in [0.15, 0.2) is 0 Å². The molecule has 1 aliphatic heterocycles. The Morgan fingerprint density at radius 3 is 2.49 bits per heavy atom. The largest absolute Gasteiger partial charge is 0.382 e. The van der Waals surface area contributed by atoms with E-state index in [9.17, 15) is 9.59 Å². The van der Waals surface area contributed by atoms with Gasteiger partial charge in [0.1, 0.15) is 0 Å². The molecule has 0 saturated carbocycles. The van der Waals surface area contributed by atoms with Gasteiger partial charge in [0.05, 0.1) is 11.5 Å². The third-order valence-corrected chi connectivity index (χ3v) is 6.86. The van der Waals surface area contributed by atoms with Crippen LogP contribution < -0.4 is 15.5 Å². The highest BCUT2D eigenvalue weighted by Crippen LogP contribution is 2.30. The monoisotopic (exact) mass is 499 g/mol. The number of fused-ring (bicyclic) bond motifs is 1. The van der Waals surface area contributed by atoms with E-state index < -0.39 is 0 Å². The fraction of sp³-hybridized carbons (Fsp3) is 0.355. The molecule has 0 aromatic heterocycles. The number of hydrogen-bond donors (Lipinski definition) is 2. The highest BCUT2D eigenvalue weighted by molar-refractivity contribution is 6.03. The molecule has 2 N–H and O–H groups in total. The van der Waals surface area contributed by atoms with E-state index >= 15 is 0 Å². The zero-order valence-corrected chi connectivity index (χ0v) is 21.8. The van der Waals surface area contributed by atoms with Gasteiger partial charge in [0.2, 0.25) is 5.91 Å². The van der Waals surface area contributed by atoms with Gasteiger partial charge in [-0.3, -0.25) is 9.59 Å². The summed E-state index contributed by atoms with van der Waals surface area (Å²) < 4.78 is 5.40. The Morgan fingerprint density at radius 1 is 0.973 bits per heavy atom. The predicted octanol–water partition coefficient (Wildman–Crippen LogP) is 5.54. The first kappa shape index (κ1) is 26.4. The lowest BCUT2D eigenvalue weighted by molar-refractivity contribution is -0.117. The molecular formula is C31H37N3O3. The number of rotatable bonds is 11. The Labute approximate surface area is 220 Å². The van der Waals surface area contributed by atoms with Crippen molar-refractivity contribution in [2.45, 2.75) is 45.6 Å². The van der Waals surface area contributed by atoms with Crippen molar-refractivity contribution < 1.29 is 14.3 Å². The quantitative estimate of drug-likeness (QED) is 0.340. The van der Waals surface area contributed by atoms with E-state index in [-0.39, 0.29) is 17.7 Å². The average molecular weight is 500 g/mol. The Hall–Kier alpha value is -3.64. The fourth-order valence-corrected chi connectivity index (χ4v) is 4.88. The van der Waals surface area contributed by atoms with E-state index in [1.165, 1.54) is 11.1 Å². The molecule has 0 radical (unpaired) electrons. The Morgan fingerprint density at radius 2 is 1.73 bits per heavy atom. The molecule has 3 aromatic rings. The van der Waals surface area contributed by atoms with E-state index in [0.717, 1.165) is 37.2 Å². The molecular weight excluding hydrogens is 462 g/mol. The second kappa shape index (κ2) is 13.1. The van der Waals surface area contributed by atoms with Gasteiger partial charge >= 0.3 is 0 Å². The van der Waals surface area contributed by atoms with Gasteiger partial charge in [-0.2, -0.15) is 0 Å². The highest BCUT2D eigenvalue weighted by Gasteiger charge is 2.23. The summed E-state index contributed by atoms with van der Waals surface area (Å²) in [6.45, 7) is 7.36. The molecule has 194 valence electrons. The van der Waals surface area contributed by atoms with E-state index in [1.54, 1.807) is 0 Å². The zero-order valence-electron chi connectivity index (χ0n) is 21.8. The molecule has 37 heavy (non-hydrogen) atoms. The standard InChI is InChI=1S/C31H37N3O3/c1-3-27(24-12-6-5-7-13-24)31(36)33-26-15-16-29(28(21-26)30(35)32-18-10-20-37-4-2)34-19-17-23-11-8-9-14-25(23)22-34/h5-9,11-16,21,27H,3-4,10,17-20,22H2,1-2H3,(H,32,35)(H,33,36). The van der Waals surface area contributed by atoms with Gasteiger partial charge in [-0.05, 0) is 61.1 Å². The molecule has 0 saturated heterocycles. The third kappa shape index (κ3) is 6.77. The molecule has 1 aliphatic rings. The Kier molecular flexibility index (Phi) is 9.33. The van der Waals surface area contributed by atoms with Crippen molar-refractivity contribution in [3.8, 4) is 0 Å². The normalized spacial score (nSPS) is 13.5. The molecule has 0 fully saturated rings. The summed E-state index contributed by atoms with van der Waals surface area (Å²) in [6, 6.07) is 23.9. The second-order valence-electron chi connectivity index (χ2n) is 9.34. The van der Waals surface area contributed by atoms with Gasteiger partial charge in [-0.1, -0.05) is 61.5 Å². The van der Waals surface area contributed by atoms with Crippen LogP contribution in [0.1, 0.15) is 59.7 Å². The number of nitrogens with zero attached hydrogens (tertiary/aromatic N) is 1. The van der Waals surface area contributed by atoms with E-state index in [4.69, 9.17) is 4.74 Å². The minimum atomic E-state index is -0.254. The number of carbonyl (C=O) groups excluding carboxylic acids is 2. The molecule has 1 atom stereocenters. The van der Waals surface area contributed by atoms with Gasteiger partial charge in [-0.15, -0.1) is 0 Å². The number of benzene rings is 3. The maximum atomic E-state index is 13.3. The summed E-state index contributed by atoms with van der Waals surface area (Å²) in [6.07, 6.45) is 2.37. The van der Waals surface area contributed by atoms with Crippen molar-refractivity contribution in [3.05, 3.63) is 95.1 Å². The van der Waals surface area contributed by atoms with Crippen LogP contribution in [0.5, 0.6) is 0 Å². The fourth-order valence-electron chi connectivity index (χ4n) is 4.88. The smallest absolute Gasteiger partial charge is 0.253 e. The lowest BCUT2D eigenvalue weighted by atomic mass is 9.95. The van der Waals surface area contributed by atoms with Crippen LogP contribution in [0.3, 0.4) is 0 Å². The Bertz CT molecular complexity index is 1200. The Balaban J connectivity index is 1.56. The van der Waals surface area contributed by atoms with Crippen LogP contribution in [-0.4, -0.2) is 38.1 Å². The summed E-state index contributed by atoms with van der Waals surface area (Å²) >= 11 is 0. The number of ether oxygens (including phenoxy) is 1. The summed E-state index contributed by atoms with van der Waals surface area (Å²) in [5.74, 6) is -0.469. The number of anilines is 2. The number of amides is 2. The third-order valence-electron chi connectivity index (χ3n) is 6.86. The first-order valence-electron chi connectivity index (χ1n) is 13.3. The van der Waals surface area contributed by atoms with E-state index in [2.05, 4.69) is 39.8 Å². The van der Waals surface area contributed by atoms with Crippen molar-refractivity contribution in [1.82, 2.24) is 5.32 Å². The number of carbonyl (C=O) groups is 2. The molecule has 6 heteroatoms. The molecule has 1 heterocycles. The number of nitrogens with one attached hydrogen (secondary N) is 2. The maximum absolute atomic E-state index is 13.3. The molecule has 0 spiro atoms. The van der Waals surface area contributed by atoms with Crippen molar-refractivity contribution in [2.24, 2.45) is 0 Å². The van der Waals surface area contributed by atoms with Crippen LogP contribution in [0, 0.1) is 0 Å². The molecule has 0 bridgehead atoms. The molecule has 1 unspecified atom stereocenters. The summed E-state index contributed by atoms with van der Waals surface area (Å²) in [4.78, 5) is 28.8. The minimum absolute atomic E-state index is 0.0728. The van der Waals surface area contributed by atoms with Crippen molar-refractivity contribution >= 4 is 23.2 Å². The SMILES string of the molecule is CCOCCCNC(=O)c1cc(NC(=O)C(CC)c2ccccc2)ccc1N1CCc2ccccc2C1. The number of hydrogen-bond acceptors (Lipinski definition) is 4. The lowest BCUT2D eigenvalue weighted by Gasteiger charge is -2.32. The van der Waals surface area contributed by atoms with Crippen LogP contribution in [-0.2, 0) is 22.5 Å². The van der Waals surface area contributed by atoms with Crippen LogP contribution in [0.2, 0.25) is 0 Å². The second-order valence-corrected chi connectivity index (χ2v) is 9.34. The van der Waals surface area contributed by atoms with Crippen molar-refractivity contribution in [3.63, 3.8) is 0 Å². The summed E-state index contributed by atoms with van der Waals surface area (Å²) in [7, 11) is 0. The summed E-state index contributed by atoms with van der Waals surface area (Å²) in [5, 5.41) is 6.10. The lowest BCUT2D eigenvalue weighted by Crippen LogP contribution is -2.33. The van der Waals surface area contributed by atoms with Gasteiger partial charge < -0.3 is 20.3 Å². The summed E-state index contributed by atoms with van der Waals surface area (Å²) in [5.41, 5.74) is 5.70. The first-order valence-corrected chi connectivity index (χ1v) is 13.3. The van der Waals surface area contributed by atoms with Crippen molar-refractivity contribution in [1.29, 1.82) is 0 Å². The van der Waals surface area contributed by atoms with Gasteiger partial charge in [-0.25, -0.2) is 0 Å². The topological polar surface area (TPSA) is 70.7 Å². The molecule has 4 rings (SSSR count). The predicted molar refractivity (Wildman–Crippen MR) is 149 cm³/mol. The average Bonchev–Trinajstić information content (AvgIpc) is 2.93. The van der Waals surface area contributed by atoms with Crippen LogP contribution in [0.4, 0.5) is 11.4 Å². The molecule has 2 amide bonds. The molecule has 3 aromatic carbocycles. The van der Waals surface area contributed by atoms with Gasteiger partial charge in [0, 0.05) is 44.2 Å². The zero-order chi connectivity index (χ0) is 26.0. The molecule has 6 nitrogen and oxygen atoms in total. The van der Waals surface area contributed by atoms with Crippen LogP contribution in [0.25, 0.3) is 0 Å². The minimum Gasteiger partial charge on any atom is -0.382 e. The van der Waals surface area contributed by atoms with Crippen LogP contribution >= 0.6 is 0 Å². The van der Waals surface area contributed by atoms with E-state index in [1.807, 2.05) is 62.4 Å². The van der Waals surface area contributed by atoms with E-state index in [0.29, 0.717) is 37.4 Å².